The summed E-state index contributed by atoms with van der Waals surface area (Å²) in [5.74, 6) is 0. The van der Waals surface area contributed by atoms with Gasteiger partial charge in [0.2, 0.25) is 0 Å². The maximum Gasteiger partial charge on any atom is 0.328 e. The topological polar surface area (TPSA) is 16.1 Å². The van der Waals surface area contributed by atoms with Gasteiger partial charge in [-0.25, -0.2) is 0 Å². The van der Waals surface area contributed by atoms with Gasteiger partial charge in [-0.3, -0.25) is 4.98 Å². The van der Waals surface area contributed by atoms with Crippen LogP contribution in [0, 0.1) is 0 Å². The largest absolute Gasteiger partial charge is 0.376 e. The monoisotopic (exact) mass is 424 g/mol. The number of allylic oxidation sites excluding steroid dienone is 4. The maximum absolute atomic E-state index is 4.19. The molecule has 3 aromatic carbocycles. The first-order chi connectivity index (χ1) is 16.3. The first-order valence-corrected chi connectivity index (χ1v) is 11.2. The lowest BCUT2D eigenvalue weighted by Crippen LogP contribution is -2.58. The lowest BCUT2D eigenvalue weighted by atomic mass is 9.45. The average Bonchev–Trinajstić information content (AvgIpc) is 2.89. The van der Waals surface area contributed by atoms with Gasteiger partial charge in [0.05, 0.1) is 0 Å². The second kappa shape index (κ2) is 9.18. The normalized spacial score (nSPS) is 13.4. The summed E-state index contributed by atoms with van der Waals surface area (Å²) >= 11 is 0. The number of hydrogen-bond donors (Lipinski definition) is 0. The van der Waals surface area contributed by atoms with E-state index in [0.717, 1.165) is 11.3 Å². The molecule has 0 bridgehead atoms. The number of aromatic nitrogens is 1. The lowest BCUT2D eigenvalue weighted by molar-refractivity contribution is 1.29. The quantitative estimate of drug-likeness (QED) is 0.295. The Morgan fingerprint density at radius 3 is 2.21 bits per heavy atom. The Hall–Kier alpha value is -4.11. The summed E-state index contributed by atoms with van der Waals surface area (Å²) in [5.41, 5.74) is 9.65. The first kappa shape index (κ1) is 20.8. The number of pyridine rings is 1. The summed E-state index contributed by atoms with van der Waals surface area (Å²) in [6, 6.07) is 32.2. The molecule has 1 aliphatic rings. The van der Waals surface area contributed by atoms with E-state index in [1.807, 2.05) is 30.6 Å². The van der Waals surface area contributed by atoms with Gasteiger partial charge in [0, 0.05) is 29.3 Å². The van der Waals surface area contributed by atoms with Crippen molar-refractivity contribution >= 4 is 29.0 Å². The van der Waals surface area contributed by atoms with Crippen molar-refractivity contribution < 1.29 is 0 Å². The molecule has 2 heterocycles. The molecule has 0 fully saturated rings. The molecule has 0 amide bonds. The molecule has 1 aromatic heterocycles. The van der Waals surface area contributed by atoms with Crippen LogP contribution in [0.4, 0.5) is 5.69 Å². The molecule has 33 heavy (non-hydrogen) atoms. The lowest BCUT2D eigenvalue weighted by Gasteiger charge is -2.39. The van der Waals surface area contributed by atoms with Crippen molar-refractivity contribution in [2.24, 2.45) is 0 Å². The molecule has 0 unspecified atom stereocenters. The zero-order valence-corrected chi connectivity index (χ0v) is 18.7. The Labute approximate surface area is 196 Å². The zero-order valence-electron chi connectivity index (χ0n) is 18.7. The summed E-state index contributed by atoms with van der Waals surface area (Å²) in [5, 5.41) is 0. The van der Waals surface area contributed by atoms with Crippen molar-refractivity contribution in [3.63, 3.8) is 0 Å². The van der Waals surface area contributed by atoms with Gasteiger partial charge in [-0.2, -0.15) is 0 Å². The third kappa shape index (κ3) is 3.94. The number of hydrogen-bond acceptors (Lipinski definition) is 2. The van der Waals surface area contributed by atoms with Crippen LogP contribution in [-0.2, 0) is 0 Å². The predicted octanol–water partition coefficient (Wildman–Crippen LogP) is 5.85. The van der Waals surface area contributed by atoms with E-state index in [4.69, 9.17) is 0 Å². The number of anilines is 1. The van der Waals surface area contributed by atoms with Crippen LogP contribution < -0.4 is 15.7 Å². The van der Waals surface area contributed by atoms with E-state index in [-0.39, 0.29) is 6.85 Å². The van der Waals surface area contributed by atoms with E-state index in [1.54, 1.807) is 0 Å². The van der Waals surface area contributed by atoms with Gasteiger partial charge in [-0.1, -0.05) is 90.9 Å². The Balaban J connectivity index is 1.70. The molecule has 0 saturated carbocycles. The van der Waals surface area contributed by atoms with Crippen LogP contribution in [0.1, 0.15) is 12.5 Å². The smallest absolute Gasteiger partial charge is 0.328 e. The van der Waals surface area contributed by atoms with E-state index < -0.39 is 0 Å². The van der Waals surface area contributed by atoms with Crippen molar-refractivity contribution in [1.82, 2.24) is 4.98 Å². The van der Waals surface area contributed by atoms with Gasteiger partial charge in [0.15, 0.2) is 0 Å². The van der Waals surface area contributed by atoms with Gasteiger partial charge in [-0.05, 0) is 59.4 Å². The molecule has 2 nitrogen and oxygen atoms in total. The molecule has 5 rings (SSSR count). The van der Waals surface area contributed by atoms with Crippen molar-refractivity contribution in [2.75, 3.05) is 4.81 Å². The molecular formula is C30H25BN2. The molecule has 0 saturated heterocycles. The van der Waals surface area contributed by atoms with E-state index >= 15 is 0 Å². The summed E-state index contributed by atoms with van der Waals surface area (Å²) < 4.78 is 0. The fourth-order valence-corrected chi connectivity index (χ4v) is 4.59. The third-order valence-corrected chi connectivity index (χ3v) is 6.21. The Bertz CT molecular complexity index is 1340. The molecule has 0 atom stereocenters. The minimum atomic E-state index is 0.0520. The molecule has 0 N–H and O–H groups in total. The Morgan fingerprint density at radius 2 is 1.45 bits per heavy atom. The molecule has 4 aromatic rings. The molecular weight excluding hydrogens is 399 g/mol. The number of benzene rings is 3. The van der Waals surface area contributed by atoms with Crippen LogP contribution in [0.5, 0.6) is 0 Å². The second-order valence-electron chi connectivity index (χ2n) is 8.17. The highest BCUT2D eigenvalue weighted by atomic mass is 15.1. The standard InChI is InChI=1S/C30H25BN2/c1-3-26(18-17-23(2)24-19-21-32-22-20-24)33-30-16-10-8-14-28(30)27-13-7-9-15-29(27)31(33)25-11-5-4-6-12-25/h3-22H,1H2,2H3/b23-17+,26-18+. The number of nitrogens with zero attached hydrogens (tertiary/aromatic N) is 2. The summed E-state index contributed by atoms with van der Waals surface area (Å²) in [6.45, 7) is 6.37. The highest BCUT2D eigenvalue weighted by Gasteiger charge is 2.36. The summed E-state index contributed by atoms with van der Waals surface area (Å²) in [7, 11) is 0. The molecule has 0 spiro atoms. The third-order valence-electron chi connectivity index (χ3n) is 6.21. The number of fused-ring (bicyclic) bond motifs is 3. The van der Waals surface area contributed by atoms with Crippen LogP contribution >= 0.6 is 0 Å². The Morgan fingerprint density at radius 1 is 0.788 bits per heavy atom. The first-order valence-electron chi connectivity index (χ1n) is 11.2. The molecule has 3 heteroatoms. The van der Waals surface area contributed by atoms with Gasteiger partial charge >= 0.3 is 6.85 Å². The van der Waals surface area contributed by atoms with E-state index in [2.05, 4.69) is 114 Å². The van der Waals surface area contributed by atoms with Crippen LogP contribution in [0.2, 0.25) is 0 Å². The van der Waals surface area contributed by atoms with E-state index in [9.17, 15) is 0 Å². The fourth-order valence-electron chi connectivity index (χ4n) is 4.59. The van der Waals surface area contributed by atoms with Crippen molar-refractivity contribution in [3.8, 4) is 11.1 Å². The minimum Gasteiger partial charge on any atom is -0.376 e. The van der Waals surface area contributed by atoms with E-state index in [0.29, 0.717) is 0 Å². The van der Waals surface area contributed by atoms with Gasteiger partial charge in [0.25, 0.3) is 0 Å². The SMILES string of the molecule is C=C/C(=C\C=C(/C)c1ccncc1)N1B(c2ccccc2)c2ccccc2-c2ccccc21. The Kier molecular flexibility index (Phi) is 5.78. The van der Waals surface area contributed by atoms with E-state index in [1.165, 1.54) is 33.3 Å². The highest BCUT2D eigenvalue weighted by Crippen LogP contribution is 2.37. The highest BCUT2D eigenvalue weighted by molar-refractivity contribution is 6.90. The van der Waals surface area contributed by atoms with Gasteiger partial charge < -0.3 is 4.81 Å². The van der Waals surface area contributed by atoms with Gasteiger partial charge in [-0.15, -0.1) is 0 Å². The number of para-hydroxylation sites is 1. The van der Waals surface area contributed by atoms with Crippen LogP contribution in [-0.4, -0.2) is 11.8 Å². The zero-order chi connectivity index (χ0) is 22.6. The summed E-state index contributed by atoms with van der Waals surface area (Å²) in [4.78, 5) is 6.55. The van der Waals surface area contributed by atoms with Crippen LogP contribution in [0.3, 0.4) is 0 Å². The van der Waals surface area contributed by atoms with Gasteiger partial charge in [0.1, 0.15) is 0 Å². The molecule has 0 aliphatic carbocycles. The van der Waals surface area contributed by atoms with Crippen molar-refractivity contribution in [3.05, 3.63) is 139 Å². The molecule has 1 aliphatic heterocycles. The van der Waals surface area contributed by atoms with Crippen LogP contribution in [0.25, 0.3) is 16.7 Å². The maximum atomic E-state index is 4.19. The summed E-state index contributed by atoms with van der Waals surface area (Å²) in [6.07, 6.45) is 9.94. The minimum absolute atomic E-state index is 0.0520. The number of rotatable bonds is 5. The fraction of sp³-hybridized carbons (Fsp3) is 0.0333. The second-order valence-corrected chi connectivity index (χ2v) is 8.17. The van der Waals surface area contributed by atoms with Crippen molar-refractivity contribution in [1.29, 1.82) is 0 Å². The van der Waals surface area contributed by atoms with Crippen LogP contribution in [0.15, 0.2) is 134 Å². The molecule has 158 valence electrons. The predicted molar refractivity (Wildman–Crippen MR) is 142 cm³/mol. The molecule has 0 radical (unpaired) electrons. The van der Waals surface area contributed by atoms with Crippen molar-refractivity contribution in [2.45, 2.75) is 6.92 Å². The average molecular weight is 424 g/mol.